The maximum absolute atomic E-state index is 12.5. The number of carbonyl (C=O) groups is 3. The molecule has 3 rings (SSSR count). The fourth-order valence-corrected chi connectivity index (χ4v) is 3.28. The molecule has 2 aliphatic rings. The van der Waals surface area contributed by atoms with Crippen LogP contribution in [0.2, 0.25) is 0 Å². The Hall–Kier alpha value is -2.68. The average Bonchev–Trinajstić information content (AvgIpc) is 2.83. The van der Waals surface area contributed by atoms with Gasteiger partial charge in [-0.05, 0) is 30.4 Å². The lowest BCUT2D eigenvalue weighted by Crippen LogP contribution is -2.46. The molecule has 1 aromatic heterocycles. The van der Waals surface area contributed by atoms with Crippen LogP contribution in [0, 0.1) is 5.92 Å². The summed E-state index contributed by atoms with van der Waals surface area (Å²) in [6, 6.07) is 0.922. The molecule has 1 aliphatic carbocycles. The monoisotopic (exact) mass is 362 g/mol. The number of aliphatic hydroxyl groups is 1. The maximum Gasteiger partial charge on any atom is 0.327 e. The molecule has 0 radical (unpaired) electrons. The number of aromatic nitrogens is 1. The van der Waals surface area contributed by atoms with Crippen LogP contribution in [-0.2, 0) is 9.59 Å². The molecule has 2 N–H and O–H groups in total. The van der Waals surface area contributed by atoms with Gasteiger partial charge in [-0.3, -0.25) is 19.5 Å². The van der Waals surface area contributed by atoms with E-state index in [0.29, 0.717) is 18.6 Å². The van der Waals surface area contributed by atoms with Crippen molar-refractivity contribution >= 4 is 17.8 Å². The van der Waals surface area contributed by atoms with E-state index in [1.165, 1.54) is 19.1 Å². The van der Waals surface area contributed by atoms with Crippen LogP contribution in [0.15, 0.2) is 18.5 Å². The van der Waals surface area contributed by atoms with Gasteiger partial charge in [-0.2, -0.15) is 0 Å². The van der Waals surface area contributed by atoms with E-state index in [1.807, 2.05) is 0 Å². The Kier molecular flexibility index (Phi) is 5.08. The van der Waals surface area contributed by atoms with Crippen LogP contribution in [0.3, 0.4) is 0 Å². The number of amides is 4. The molecule has 2 fully saturated rings. The molecule has 1 aliphatic heterocycles. The highest BCUT2D eigenvalue weighted by atomic mass is 16.5. The number of pyridine rings is 1. The van der Waals surface area contributed by atoms with Crippen molar-refractivity contribution in [1.82, 2.24) is 20.1 Å². The van der Waals surface area contributed by atoms with Gasteiger partial charge in [0.2, 0.25) is 5.91 Å². The van der Waals surface area contributed by atoms with Crippen LogP contribution >= 0.6 is 0 Å². The molecule has 1 saturated carbocycles. The smallest absolute Gasteiger partial charge is 0.327 e. The number of hydrogen-bond acceptors (Lipinski definition) is 6. The fraction of sp³-hybridized carbons (Fsp3) is 0.529. The first-order valence-electron chi connectivity index (χ1n) is 8.41. The average molecular weight is 362 g/mol. The van der Waals surface area contributed by atoms with Gasteiger partial charge in [-0.25, -0.2) is 4.79 Å². The van der Waals surface area contributed by atoms with Gasteiger partial charge in [0.05, 0.1) is 25.5 Å². The second-order valence-electron chi connectivity index (χ2n) is 6.71. The van der Waals surface area contributed by atoms with E-state index in [2.05, 4.69) is 10.3 Å². The molecular weight excluding hydrogens is 340 g/mol. The number of hydrogen-bond donors (Lipinski definition) is 2. The zero-order valence-electron chi connectivity index (χ0n) is 14.7. The van der Waals surface area contributed by atoms with E-state index in [4.69, 9.17) is 4.74 Å². The molecule has 2 heterocycles. The molecule has 26 heavy (non-hydrogen) atoms. The lowest BCUT2D eigenvalue weighted by molar-refractivity contribution is -0.131. The van der Waals surface area contributed by atoms with Crippen LogP contribution in [0.1, 0.15) is 24.4 Å². The summed E-state index contributed by atoms with van der Waals surface area (Å²) in [4.78, 5) is 42.6. The van der Waals surface area contributed by atoms with Crippen LogP contribution in [0.5, 0.6) is 5.75 Å². The third-order valence-corrected chi connectivity index (χ3v) is 4.80. The number of nitrogens with one attached hydrogen (secondary N) is 1. The Morgan fingerprint density at radius 2 is 2.15 bits per heavy atom. The number of imide groups is 1. The first kappa shape index (κ1) is 18.1. The van der Waals surface area contributed by atoms with Gasteiger partial charge in [-0.1, -0.05) is 0 Å². The van der Waals surface area contributed by atoms with Gasteiger partial charge >= 0.3 is 6.03 Å². The van der Waals surface area contributed by atoms with Crippen LogP contribution in [-0.4, -0.2) is 71.1 Å². The van der Waals surface area contributed by atoms with Crippen molar-refractivity contribution in [3.63, 3.8) is 0 Å². The van der Waals surface area contributed by atoms with Crippen molar-refractivity contribution in [2.45, 2.75) is 25.0 Å². The lowest BCUT2D eigenvalue weighted by Gasteiger charge is -2.38. The minimum Gasteiger partial charge on any atom is -0.495 e. The zero-order chi connectivity index (χ0) is 18.8. The van der Waals surface area contributed by atoms with Crippen molar-refractivity contribution in [2.75, 3.05) is 27.2 Å². The van der Waals surface area contributed by atoms with Crippen molar-refractivity contribution < 1.29 is 24.2 Å². The van der Waals surface area contributed by atoms with E-state index in [-0.39, 0.29) is 31.2 Å². The van der Waals surface area contributed by atoms with Crippen LogP contribution in [0.25, 0.3) is 0 Å². The normalized spacial score (nSPS) is 23.7. The predicted molar refractivity (Wildman–Crippen MR) is 90.1 cm³/mol. The summed E-state index contributed by atoms with van der Waals surface area (Å²) in [6.07, 6.45) is 3.94. The molecule has 0 aromatic carbocycles. The Labute approximate surface area is 150 Å². The van der Waals surface area contributed by atoms with Crippen molar-refractivity contribution in [1.29, 1.82) is 0 Å². The number of methoxy groups -OCH3 is 1. The number of aliphatic hydroxyl groups excluding tert-OH is 1. The first-order chi connectivity index (χ1) is 12.4. The van der Waals surface area contributed by atoms with Gasteiger partial charge in [0, 0.05) is 13.2 Å². The van der Waals surface area contributed by atoms with Gasteiger partial charge in [-0.15, -0.1) is 0 Å². The third-order valence-electron chi connectivity index (χ3n) is 4.80. The first-order valence-corrected chi connectivity index (χ1v) is 8.41. The zero-order valence-corrected chi connectivity index (χ0v) is 14.7. The molecule has 140 valence electrons. The Morgan fingerprint density at radius 3 is 2.73 bits per heavy atom. The molecule has 1 aromatic rings. The summed E-state index contributed by atoms with van der Waals surface area (Å²) in [5, 5.41) is 12.5. The second-order valence-corrected chi connectivity index (χ2v) is 6.71. The lowest BCUT2D eigenvalue weighted by atomic mass is 9.75. The van der Waals surface area contributed by atoms with Gasteiger partial charge < -0.3 is 20.1 Å². The number of urea groups is 1. The standard InChI is InChI=1S/C17H22N4O5/c1-20-9-15(24)21(17(20)25)8-14(23)19-16(10-3-12(22)4-10)11-5-13(26-2)7-18-6-11/h5-7,10,12,16,22H,3-4,8-9H2,1-2H3,(H,19,23)/t10?,12?,16-/m1/s1. The maximum atomic E-state index is 12.5. The van der Waals surface area contributed by atoms with Crippen molar-refractivity contribution in [2.24, 2.45) is 5.92 Å². The molecule has 0 spiro atoms. The molecule has 0 bridgehead atoms. The summed E-state index contributed by atoms with van der Waals surface area (Å²) < 4.78 is 5.18. The molecule has 1 saturated heterocycles. The summed E-state index contributed by atoms with van der Waals surface area (Å²) in [5.41, 5.74) is 0.755. The molecule has 4 amide bonds. The van der Waals surface area contributed by atoms with Gasteiger partial charge in [0.15, 0.2) is 0 Å². The molecule has 9 nitrogen and oxygen atoms in total. The Bertz CT molecular complexity index is 719. The SMILES string of the molecule is COc1cncc([C@H](NC(=O)CN2C(=O)CN(C)C2=O)C2CC(O)C2)c1. The van der Waals surface area contributed by atoms with E-state index in [0.717, 1.165) is 10.5 Å². The van der Waals surface area contributed by atoms with E-state index < -0.39 is 17.8 Å². The molecule has 9 heteroatoms. The highest BCUT2D eigenvalue weighted by Gasteiger charge is 2.38. The summed E-state index contributed by atoms with van der Waals surface area (Å²) >= 11 is 0. The van der Waals surface area contributed by atoms with E-state index in [1.54, 1.807) is 18.5 Å². The topological polar surface area (TPSA) is 112 Å². The van der Waals surface area contributed by atoms with Crippen LogP contribution < -0.4 is 10.1 Å². The largest absolute Gasteiger partial charge is 0.495 e. The van der Waals surface area contributed by atoms with E-state index in [9.17, 15) is 19.5 Å². The number of likely N-dealkylation sites (N-methyl/N-ethyl adjacent to an activating group) is 1. The summed E-state index contributed by atoms with van der Waals surface area (Å²) in [5.74, 6) is -0.217. The number of nitrogens with zero attached hydrogens (tertiary/aromatic N) is 3. The van der Waals surface area contributed by atoms with Gasteiger partial charge in [0.1, 0.15) is 18.8 Å². The number of rotatable bonds is 6. The number of carbonyl (C=O) groups excluding carboxylic acids is 3. The van der Waals surface area contributed by atoms with Crippen LogP contribution in [0.4, 0.5) is 4.79 Å². The van der Waals surface area contributed by atoms with E-state index >= 15 is 0 Å². The Balaban J connectivity index is 1.72. The van der Waals surface area contributed by atoms with Crippen molar-refractivity contribution in [3.05, 3.63) is 24.0 Å². The highest BCUT2D eigenvalue weighted by Crippen LogP contribution is 2.38. The second kappa shape index (κ2) is 7.28. The minimum atomic E-state index is -0.483. The van der Waals surface area contributed by atoms with Gasteiger partial charge in [0.25, 0.3) is 5.91 Å². The summed E-state index contributed by atoms with van der Waals surface area (Å²) in [6.45, 7) is -0.352. The molecule has 1 atom stereocenters. The quantitative estimate of drug-likeness (QED) is 0.684. The molecular formula is C17H22N4O5. The summed E-state index contributed by atoms with van der Waals surface area (Å²) in [7, 11) is 3.04. The predicted octanol–water partition coefficient (Wildman–Crippen LogP) is -0.0876. The van der Waals surface area contributed by atoms with Crippen molar-refractivity contribution in [3.8, 4) is 5.75 Å². The third kappa shape index (κ3) is 3.62. The Morgan fingerprint density at radius 1 is 1.42 bits per heavy atom. The fourth-order valence-electron chi connectivity index (χ4n) is 3.28. The highest BCUT2D eigenvalue weighted by molar-refractivity contribution is 6.04. The minimum absolute atomic E-state index is 0.0236. The number of ether oxygens (including phenoxy) is 1. The molecule has 0 unspecified atom stereocenters.